The van der Waals surface area contributed by atoms with Gasteiger partial charge in [-0.1, -0.05) is 18.2 Å². The van der Waals surface area contributed by atoms with Gasteiger partial charge in [-0.15, -0.1) is 0 Å². The second kappa shape index (κ2) is 6.69. The van der Waals surface area contributed by atoms with E-state index in [9.17, 15) is 13.6 Å². The molecule has 4 nitrogen and oxygen atoms in total. The predicted octanol–water partition coefficient (Wildman–Crippen LogP) is 3.60. The molecule has 0 bridgehead atoms. The third kappa shape index (κ3) is 4.45. The van der Waals surface area contributed by atoms with E-state index in [4.69, 9.17) is 5.11 Å². The fourth-order valence-corrected chi connectivity index (χ4v) is 1.76. The van der Waals surface area contributed by atoms with E-state index < -0.39 is 12.6 Å². The van der Waals surface area contributed by atoms with E-state index >= 15 is 0 Å². The minimum atomic E-state index is -2.84. The van der Waals surface area contributed by atoms with Crippen LogP contribution in [0.2, 0.25) is 0 Å². The summed E-state index contributed by atoms with van der Waals surface area (Å²) in [7, 11) is 0. The Morgan fingerprint density at radius 2 is 1.90 bits per heavy atom. The van der Waals surface area contributed by atoms with Crippen molar-refractivity contribution in [2.75, 3.05) is 5.32 Å². The molecule has 0 amide bonds. The minimum absolute atomic E-state index is 0.0987. The highest BCUT2D eigenvalue weighted by Gasteiger charge is 2.05. The Balaban J connectivity index is 1.96. The molecule has 0 saturated carbocycles. The number of benzene rings is 2. The second-order valence-electron chi connectivity index (χ2n) is 4.26. The average Bonchev–Trinajstić information content (AvgIpc) is 2.46. The van der Waals surface area contributed by atoms with Crippen LogP contribution in [0.5, 0.6) is 5.75 Å². The molecule has 2 rings (SSSR count). The molecule has 0 heterocycles. The van der Waals surface area contributed by atoms with Gasteiger partial charge in [-0.25, -0.2) is 4.79 Å². The first-order chi connectivity index (χ1) is 10.0. The molecule has 110 valence electrons. The van der Waals surface area contributed by atoms with Crippen molar-refractivity contribution in [2.24, 2.45) is 0 Å². The molecule has 0 aliphatic rings. The number of ether oxygens (including phenoxy) is 1. The van der Waals surface area contributed by atoms with Gasteiger partial charge in [0.25, 0.3) is 0 Å². The number of anilines is 1. The Labute approximate surface area is 120 Å². The summed E-state index contributed by atoms with van der Waals surface area (Å²) < 4.78 is 28.3. The summed E-state index contributed by atoms with van der Waals surface area (Å²) in [5.41, 5.74) is 1.72. The first kappa shape index (κ1) is 14.8. The normalized spacial score (nSPS) is 10.4. The number of rotatable bonds is 6. The lowest BCUT2D eigenvalue weighted by Gasteiger charge is -2.08. The number of carboxylic acid groups (broad SMARTS) is 1. The molecule has 0 aliphatic carbocycles. The van der Waals surface area contributed by atoms with E-state index in [-0.39, 0.29) is 11.3 Å². The molecule has 21 heavy (non-hydrogen) atoms. The van der Waals surface area contributed by atoms with E-state index in [1.807, 2.05) is 0 Å². The maximum Gasteiger partial charge on any atom is 0.387 e. The number of carboxylic acids is 1. The largest absolute Gasteiger partial charge is 0.478 e. The standard InChI is InChI=1S/C15H13F2NO3/c16-15(17)21-13-6-4-10(5-7-13)9-18-12-3-1-2-11(8-12)14(19)20/h1-8,15,18H,9H2,(H,19,20). The molecule has 0 aromatic heterocycles. The Hall–Kier alpha value is -2.63. The van der Waals surface area contributed by atoms with Gasteiger partial charge in [-0.05, 0) is 35.9 Å². The molecule has 6 heteroatoms. The molecule has 0 atom stereocenters. The van der Waals surface area contributed by atoms with Crippen molar-refractivity contribution in [1.82, 2.24) is 0 Å². The number of nitrogens with one attached hydrogen (secondary N) is 1. The Morgan fingerprint density at radius 1 is 1.19 bits per heavy atom. The first-order valence-electron chi connectivity index (χ1n) is 6.15. The molecule has 0 aliphatic heterocycles. The van der Waals surface area contributed by atoms with Gasteiger partial charge in [0, 0.05) is 12.2 Å². The number of hydrogen-bond acceptors (Lipinski definition) is 3. The number of halogens is 2. The van der Waals surface area contributed by atoms with E-state index in [2.05, 4.69) is 10.1 Å². The Kier molecular flexibility index (Phi) is 4.71. The van der Waals surface area contributed by atoms with Crippen LogP contribution in [0.3, 0.4) is 0 Å². The summed E-state index contributed by atoms with van der Waals surface area (Å²) in [5.74, 6) is -0.895. The molecule has 0 spiro atoms. The van der Waals surface area contributed by atoms with E-state index in [0.717, 1.165) is 5.56 Å². The van der Waals surface area contributed by atoms with Crippen molar-refractivity contribution in [3.05, 3.63) is 59.7 Å². The zero-order valence-corrected chi connectivity index (χ0v) is 10.9. The lowest BCUT2D eigenvalue weighted by atomic mass is 10.2. The van der Waals surface area contributed by atoms with Crippen LogP contribution in [-0.2, 0) is 6.54 Å². The number of alkyl halides is 2. The van der Waals surface area contributed by atoms with Crippen molar-refractivity contribution in [1.29, 1.82) is 0 Å². The zero-order chi connectivity index (χ0) is 15.2. The van der Waals surface area contributed by atoms with Crippen molar-refractivity contribution in [3.8, 4) is 5.75 Å². The van der Waals surface area contributed by atoms with Crippen LogP contribution in [0.15, 0.2) is 48.5 Å². The molecule has 0 unspecified atom stereocenters. The quantitative estimate of drug-likeness (QED) is 0.854. The molecule has 2 aromatic carbocycles. The van der Waals surface area contributed by atoms with Gasteiger partial charge in [0.05, 0.1) is 5.56 Å². The summed E-state index contributed by atoms with van der Waals surface area (Å²) in [6, 6.07) is 12.7. The highest BCUT2D eigenvalue weighted by Crippen LogP contribution is 2.16. The van der Waals surface area contributed by atoms with Crippen LogP contribution in [0.25, 0.3) is 0 Å². The van der Waals surface area contributed by atoms with Gasteiger partial charge in [0.15, 0.2) is 0 Å². The third-order valence-corrected chi connectivity index (χ3v) is 2.75. The van der Waals surface area contributed by atoms with E-state index in [0.29, 0.717) is 12.2 Å². The zero-order valence-electron chi connectivity index (χ0n) is 10.9. The molecule has 0 radical (unpaired) electrons. The molecule has 2 aromatic rings. The summed E-state index contributed by atoms with van der Waals surface area (Å²) in [6.07, 6.45) is 0. The van der Waals surface area contributed by atoms with Gasteiger partial charge >= 0.3 is 12.6 Å². The first-order valence-corrected chi connectivity index (χ1v) is 6.15. The molecule has 0 fully saturated rings. The van der Waals surface area contributed by atoms with Gasteiger partial charge in [-0.2, -0.15) is 8.78 Å². The van der Waals surface area contributed by atoms with Crippen LogP contribution in [-0.4, -0.2) is 17.7 Å². The Morgan fingerprint density at radius 3 is 2.52 bits per heavy atom. The molecule has 0 saturated heterocycles. The fourth-order valence-electron chi connectivity index (χ4n) is 1.76. The van der Waals surface area contributed by atoms with Crippen molar-refractivity contribution < 1.29 is 23.4 Å². The summed E-state index contributed by atoms with van der Waals surface area (Å²) in [4.78, 5) is 10.9. The molecule has 2 N–H and O–H groups in total. The molecular weight excluding hydrogens is 280 g/mol. The highest BCUT2D eigenvalue weighted by molar-refractivity contribution is 5.88. The third-order valence-electron chi connectivity index (χ3n) is 2.75. The van der Waals surface area contributed by atoms with Crippen LogP contribution in [0.4, 0.5) is 14.5 Å². The monoisotopic (exact) mass is 293 g/mol. The lowest BCUT2D eigenvalue weighted by Crippen LogP contribution is -2.03. The predicted molar refractivity (Wildman–Crippen MR) is 73.8 cm³/mol. The van der Waals surface area contributed by atoms with Gasteiger partial charge < -0.3 is 15.2 Å². The maximum atomic E-state index is 12.0. The summed E-state index contributed by atoms with van der Waals surface area (Å²) >= 11 is 0. The Bertz CT molecular complexity index is 615. The van der Waals surface area contributed by atoms with Crippen LogP contribution in [0, 0.1) is 0 Å². The fraction of sp³-hybridized carbons (Fsp3) is 0.133. The maximum absolute atomic E-state index is 12.0. The van der Waals surface area contributed by atoms with Crippen molar-refractivity contribution in [2.45, 2.75) is 13.2 Å². The molecular formula is C15H13F2NO3. The summed E-state index contributed by atoms with van der Waals surface area (Å²) in [5, 5.41) is 12.0. The number of hydrogen-bond donors (Lipinski definition) is 2. The van der Waals surface area contributed by atoms with E-state index in [1.54, 1.807) is 24.3 Å². The smallest absolute Gasteiger partial charge is 0.387 e. The van der Waals surface area contributed by atoms with Crippen LogP contribution < -0.4 is 10.1 Å². The number of carbonyl (C=O) groups is 1. The van der Waals surface area contributed by atoms with Crippen molar-refractivity contribution >= 4 is 11.7 Å². The van der Waals surface area contributed by atoms with E-state index in [1.165, 1.54) is 24.3 Å². The average molecular weight is 293 g/mol. The van der Waals surface area contributed by atoms with Gasteiger partial charge in [0.2, 0.25) is 0 Å². The number of aromatic carboxylic acids is 1. The minimum Gasteiger partial charge on any atom is -0.478 e. The van der Waals surface area contributed by atoms with Crippen LogP contribution in [0.1, 0.15) is 15.9 Å². The second-order valence-corrected chi connectivity index (χ2v) is 4.26. The van der Waals surface area contributed by atoms with Gasteiger partial charge in [0.1, 0.15) is 5.75 Å². The van der Waals surface area contributed by atoms with Crippen LogP contribution >= 0.6 is 0 Å². The SMILES string of the molecule is O=C(O)c1cccc(NCc2ccc(OC(F)F)cc2)c1. The topological polar surface area (TPSA) is 58.6 Å². The van der Waals surface area contributed by atoms with Crippen molar-refractivity contribution in [3.63, 3.8) is 0 Å². The summed E-state index contributed by atoms with van der Waals surface area (Å²) in [6.45, 7) is -2.40. The highest BCUT2D eigenvalue weighted by atomic mass is 19.3. The lowest BCUT2D eigenvalue weighted by molar-refractivity contribution is -0.0498. The van der Waals surface area contributed by atoms with Gasteiger partial charge in [-0.3, -0.25) is 0 Å².